The quantitative estimate of drug-likeness (QED) is 0.832. The van der Waals surface area contributed by atoms with Gasteiger partial charge in [0.1, 0.15) is 0 Å². The van der Waals surface area contributed by atoms with E-state index in [9.17, 15) is 4.79 Å². The van der Waals surface area contributed by atoms with Crippen LogP contribution in [0.25, 0.3) is 0 Å². The lowest BCUT2D eigenvalue weighted by Gasteiger charge is -2.20. The van der Waals surface area contributed by atoms with E-state index in [4.69, 9.17) is 0 Å². The van der Waals surface area contributed by atoms with Crippen LogP contribution in [0.5, 0.6) is 0 Å². The topological polar surface area (TPSA) is 57.3 Å². The lowest BCUT2D eigenvalue weighted by molar-refractivity contribution is -0.122. The number of carbonyl (C=O) groups is 1. The van der Waals surface area contributed by atoms with Crippen molar-refractivity contribution >= 4 is 5.91 Å². The molecule has 5 heteroatoms. The summed E-state index contributed by atoms with van der Waals surface area (Å²) >= 11 is 0. The van der Waals surface area contributed by atoms with Crippen molar-refractivity contribution in [3.05, 3.63) is 30.1 Å². The lowest BCUT2D eigenvalue weighted by Crippen LogP contribution is -2.39. The molecule has 104 valence electrons. The smallest absolute Gasteiger partial charge is 0.234 e. The van der Waals surface area contributed by atoms with Gasteiger partial charge >= 0.3 is 0 Å². The molecule has 2 heterocycles. The molecule has 0 spiro atoms. The van der Waals surface area contributed by atoms with E-state index in [0.29, 0.717) is 6.54 Å². The molecule has 1 unspecified atom stereocenters. The van der Waals surface area contributed by atoms with Crippen molar-refractivity contribution in [3.63, 3.8) is 0 Å². The third-order valence-corrected chi connectivity index (χ3v) is 3.31. The van der Waals surface area contributed by atoms with Crippen LogP contribution < -0.4 is 10.6 Å². The number of nitrogens with one attached hydrogen (secondary N) is 2. The van der Waals surface area contributed by atoms with Gasteiger partial charge in [-0.1, -0.05) is 6.07 Å². The number of amides is 1. The number of aromatic nitrogens is 1. The van der Waals surface area contributed by atoms with Crippen molar-refractivity contribution < 1.29 is 4.79 Å². The molecule has 5 nitrogen and oxygen atoms in total. The van der Waals surface area contributed by atoms with Crippen molar-refractivity contribution in [2.24, 2.45) is 0 Å². The Bertz CT molecular complexity index is 388. The minimum absolute atomic E-state index is 0.0428. The van der Waals surface area contributed by atoms with Crippen molar-refractivity contribution in [2.45, 2.75) is 19.4 Å². The first-order chi connectivity index (χ1) is 9.25. The molecule has 1 aromatic heterocycles. The first kappa shape index (κ1) is 14.0. The first-order valence-corrected chi connectivity index (χ1v) is 6.89. The highest BCUT2D eigenvalue weighted by Crippen LogP contribution is 2.07. The molecule has 1 atom stereocenters. The number of hydrogen-bond acceptors (Lipinski definition) is 4. The molecule has 2 rings (SSSR count). The summed E-state index contributed by atoms with van der Waals surface area (Å²) in [6.07, 6.45) is 2.85. The second kappa shape index (κ2) is 7.21. The molecule has 1 aliphatic rings. The summed E-state index contributed by atoms with van der Waals surface area (Å²) in [5.74, 6) is 0.0695. The van der Waals surface area contributed by atoms with Crippen molar-refractivity contribution in [3.8, 4) is 0 Å². The number of nitrogens with zero attached hydrogens (tertiary/aromatic N) is 2. The predicted molar refractivity (Wildman–Crippen MR) is 74.7 cm³/mol. The van der Waals surface area contributed by atoms with E-state index in [1.807, 2.05) is 25.1 Å². The molecule has 2 N–H and O–H groups in total. The molecule has 0 radical (unpaired) electrons. The fourth-order valence-electron chi connectivity index (χ4n) is 2.26. The van der Waals surface area contributed by atoms with Crippen LogP contribution in [-0.2, 0) is 4.79 Å². The average molecular weight is 262 g/mol. The monoisotopic (exact) mass is 262 g/mol. The van der Waals surface area contributed by atoms with E-state index in [0.717, 1.165) is 38.3 Å². The van der Waals surface area contributed by atoms with Gasteiger partial charge in [-0.15, -0.1) is 0 Å². The number of hydrogen-bond donors (Lipinski definition) is 2. The van der Waals surface area contributed by atoms with E-state index in [1.165, 1.54) is 0 Å². The van der Waals surface area contributed by atoms with Gasteiger partial charge in [-0.3, -0.25) is 14.7 Å². The number of pyridine rings is 1. The summed E-state index contributed by atoms with van der Waals surface area (Å²) in [5.41, 5.74) is 0.897. The van der Waals surface area contributed by atoms with Crippen LogP contribution in [-0.4, -0.2) is 48.5 Å². The summed E-state index contributed by atoms with van der Waals surface area (Å²) in [6.45, 7) is 6.36. The molecule has 0 saturated carbocycles. The van der Waals surface area contributed by atoms with Crippen LogP contribution >= 0.6 is 0 Å². The molecular formula is C14H22N4O. The van der Waals surface area contributed by atoms with E-state index < -0.39 is 0 Å². The lowest BCUT2D eigenvalue weighted by atomic mass is 10.2. The average Bonchev–Trinajstić information content (AvgIpc) is 2.68. The van der Waals surface area contributed by atoms with Crippen LogP contribution in [0.3, 0.4) is 0 Å². The van der Waals surface area contributed by atoms with E-state index in [-0.39, 0.29) is 11.9 Å². The molecule has 1 amide bonds. The summed E-state index contributed by atoms with van der Waals surface area (Å²) in [7, 11) is 0. The number of rotatable bonds is 4. The Balaban J connectivity index is 1.80. The molecule has 1 saturated heterocycles. The van der Waals surface area contributed by atoms with Crippen LogP contribution in [0.15, 0.2) is 24.4 Å². The Kier molecular flexibility index (Phi) is 5.30. The predicted octanol–water partition coefficient (Wildman–Crippen LogP) is 0.554. The minimum Gasteiger partial charge on any atom is -0.347 e. The highest BCUT2D eigenvalue weighted by molar-refractivity contribution is 5.78. The van der Waals surface area contributed by atoms with Crippen molar-refractivity contribution in [2.75, 3.05) is 32.7 Å². The van der Waals surface area contributed by atoms with E-state index >= 15 is 0 Å². The summed E-state index contributed by atoms with van der Waals surface area (Å²) in [5, 5.41) is 6.33. The van der Waals surface area contributed by atoms with Crippen LogP contribution in [0.2, 0.25) is 0 Å². The van der Waals surface area contributed by atoms with Crippen LogP contribution in [0.4, 0.5) is 0 Å². The Morgan fingerprint density at radius 3 is 3.16 bits per heavy atom. The largest absolute Gasteiger partial charge is 0.347 e. The summed E-state index contributed by atoms with van der Waals surface area (Å²) in [4.78, 5) is 18.5. The molecule has 1 fully saturated rings. The molecule has 0 aliphatic carbocycles. The maximum absolute atomic E-state index is 12.0. The highest BCUT2D eigenvalue weighted by atomic mass is 16.2. The Morgan fingerprint density at radius 2 is 2.37 bits per heavy atom. The second-order valence-corrected chi connectivity index (χ2v) is 4.92. The molecule has 1 aliphatic heterocycles. The van der Waals surface area contributed by atoms with Gasteiger partial charge in [-0.2, -0.15) is 0 Å². The molecule has 1 aromatic rings. The third kappa shape index (κ3) is 4.61. The van der Waals surface area contributed by atoms with Gasteiger partial charge in [-0.05, 0) is 38.6 Å². The minimum atomic E-state index is -0.0428. The number of carbonyl (C=O) groups excluding carboxylic acids is 1. The molecule has 0 bridgehead atoms. The summed E-state index contributed by atoms with van der Waals surface area (Å²) in [6, 6.07) is 5.70. The third-order valence-electron chi connectivity index (χ3n) is 3.31. The Labute approximate surface area is 114 Å². The van der Waals surface area contributed by atoms with Gasteiger partial charge in [0.15, 0.2) is 0 Å². The fourth-order valence-corrected chi connectivity index (χ4v) is 2.26. The SMILES string of the molecule is CC(NC(=O)CN1CCCNCC1)c1ccccn1. The Morgan fingerprint density at radius 1 is 1.47 bits per heavy atom. The Hall–Kier alpha value is -1.46. The van der Waals surface area contributed by atoms with Gasteiger partial charge in [-0.25, -0.2) is 0 Å². The normalized spacial score (nSPS) is 18.6. The van der Waals surface area contributed by atoms with Crippen molar-refractivity contribution in [1.82, 2.24) is 20.5 Å². The molecule has 0 aromatic carbocycles. The zero-order valence-electron chi connectivity index (χ0n) is 11.4. The van der Waals surface area contributed by atoms with Gasteiger partial charge < -0.3 is 10.6 Å². The van der Waals surface area contributed by atoms with E-state index in [1.54, 1.807) is 6.20 Å². The maximum Gasteiger partial charge on any atom is 0.234 e. The van der Waals surface area contributed by atoms with Crippen LogP contribution in [0.1, 0.15) is 25.1 Å². The van der Waals surface area contributed by atoms with Gasteiger partial charge in [0.25, 0.3) is 0 Å². The van der Waals surface area contributed by atoms with E-state index in [2.05, 4.69) is 20.5 Å². The fraction of sp³-hybridized carbons (Fsp3) is 0.571. The zero-order valence-corrected chi connectivity index (χ0v) is 11.4. The first-order valence-electron chi connectivity index (χ1n) is 6.89. The van der Waals surface area contributed by atoms with Crippen LogP contribution in [0, 0.1) is 0 Å². The van der Waals surface area contributed by atoms with Crippen molar-refractivity contribution in [1.29, 1.82) is 0 Å². The summed E-state index contributed by atoms with van der Waals surface area (Å²) < 4.78 is 0. The zero-order chi connectivity index (χ0) is 13.5. The van der Waals surface area contributed by atoms with Gasteiger partial charge in [0.2, 0.25) is 5.91 Å². The van der Waals surface area contributed by atoms with Gasteiger partial charge in [0.05, 0.1) is 18.3 Å². The standard InChI is InChI=1S/C14H22N4O/c1-12(13-5-2-3-7-16-13)17-14(19)11-18-9-4-6-15-8-10-18/h2-3,5,7,12,15H,4,6,8-11H2,1H3,(H,17,19). The maximum atomic E-state index is 12.0. The molecular weight excluding hydrogens is 240 g/mol. The van der Waals surface area contributed by atoms with Gasteiger partial charge in [0, 0.05) is 19.3 Å². The second-order valence-electron chi connectivity index (χ2n) is 4.92. The molecule has 19 heavy (non-hydrogen) atoms. The highest BCUT2D eigenvalue weighted by Gasteiger charge is 2.15.